The summed E-state index contributed by atoms with van der Waals surface area (Å²) < 4.78 is 5.07. The summed E-state index contributed by atoms with van der Waals surface area (Å²) in [5.74, 6) is 0. The van der Waals surface area contributed by atoms with Gasteiger partial charge in [0.05, 0.1) is 12.5 Å². The first kappa shape index (κ1) is 9.41. The predicted octanol–water partition coefficient (Wildman–Crippen LogP) is 3.57. The molecule has 1 nitrogen and oxygen atoms in total. The van der Waals surface area contributed by atoms with Crippen molar-refractivity contribution < 1.29 is 4.42 Å². The van der Waals surface area contributed by atoms with Crippen molar-refractivity contribution in [2.45, 2.75) is 4.90 Å². The van der Waals surface area contributed by atoms with E-state index in [1.54, 1.807) is 12.5 Å². The van der Waals surface area contributed by atoms with Crippen LogP contribution in [0.5, 0.6) is 0 Å². The van der Waals surface area contributed by atoms with Crippen LogP contribution in [0.1, 0.15) is 0 Å². The minimum absolute atomic E-state index is 0.0183. The highest BCUT2D eigenvalue weighted by Gasteiger charge is 2.00. The quantitative estimate of drug-likeness (QED) is 0.741. The summed E-state index contributed by atoms with van der Waals surface area (Å²) in [6.07, 6.45) is 8.03. The number of thiol groups is 1. The number of benzene rings is 1. The Bertz CT molecular complexity index is 404. The number of furan rings is 1. The van der Waals surface area contributed by atoms with Crippen molar-refractivity contribution in [2.75, 3.05) is 12.5 Å². The van der Waals surface area contributed by atoms with Crippen LogP contribution in [-0.4, -0.2) is 12.5 Å². The second kappa shape index (κ2) is 3.93. The SMILES string of the molecule is C[SH](C)c1cccc(-c2ccoc2)c1. The number of hydrogen-bond acceptors (Lipinski definition) is 1. The Kier molecular flexibility index (Phi) is 2.64. The Hall–Kier alpha value is -1.15. The van der Waals surface area contributed by atoms with Gasteiger partial charge in [0, 0.05) is 5.56 Å². The zero-order valence-electron chi connectivity index (χ0n) is 8.40. The first-order valence-electron chi connectivity index (χ1n) is 4.57. The fourth-order valence-electron chi connectivity index (χ4n) is 1.39. The molecule has 0 atom stereocenters. The highest BCUT2D eigenvalue weighted by molar-refractivity contribution is 8.15. The van der Waals surface area contributed by atoms with Crippen molar-refractivity contribution in [3.8, 4) is 11.1 Å². The van der Waals surface area contributed by atoms with Gasteiger partial charge >= 0.3 is 0 Å². The van der Waals surface area contributed by atoms with Crippen LogP contribution in [0.2, 0.25) is 0 Å². The largest absolute Gasteiger partial charge is 0.472 e. The molecule has 0 bridgehead atoms. The Morgan fingerprint density at radius 1 is 1.07 bits per heavy atom. The highest BCUT2D eigenvalue weighted by Crippen LogP contribution is 2.31. The molecule has 0 aliphatic rings. The second-order valence-electron chi connectivity index (χ2n) is 3.46. The molecule has 0 fully saturated rings. The summed E-state index contributed by atoms with van der Waals surface area (Å²) in [5.41, 5.74) is 2.40. The summed E-state index contributed by atoms with van der Waals surface area (Å²) in [4.78, 5) is 1.43. The molecule has 1 aromatic heterocycles. The van der Waals surface area contributed by atoms with Crippen LogP contribution in [0.4, 0.5) is 0 Å². The maximum atomic E-state index is 5.07. The summed E-state index contributed by atoms with van der Waals surface area (Å²) in [6.45, 7) is 0. The van der Waals surface area contributed by atoms with Gasteiger partial charge in [-0.25, -0.2) is 10.9 Å². The van der Waals surface area contributed by atoms with Gasteiger partial charge in [0.25, 0.3) is 0 Å². The van der Waals surface area contributed by atoms with Crippen molar-refractivity contribution >= 4 is 10.9 Å². The van der Waals surface area contributed by atoms with Crippen LogP contribution < -0.4 is 0 Å². The van der Waals surface area contributed by atoms with E-state index in [2.05, 4.69) is 36.8 Å². The molecule has 74 valence electrons. The zero-order chi connectivity index (χ0) is 9.97. The van der Waals surface area contributed by atoms with Crippen LogP contribution in [0, 0.1) is 0 Å². The monoisotopic (exact) mass is 206 g/mol. The van der Waals surface area contributed by atoms with Crippen LogP contribution in [-0.2, 0) is 0 Å². The molecule has 0 amide bonds. The summed E-state index contributed by atoms with van der Waals surface area (Å²) >= 11 is 0. The molecule has 14 heavy (non-hydrogen) atoms. The first-order chi connectivity index (χ1) is 6.77. The Morgan fingerprint density at radius 2 is 1.93 bits per heavy atom. The lowest BCUT2D eigenvalue weighted by Crippen LogP contribution is -1.79. The van der Waals surface area contributed by atoms with Crippen molar-refractivity contribution in [3.05, 3.63) is 42.9 Å². The maximum Gasteiger partial charge on any atom is 0.0980 e. The summed E-state index contributed by atoms with van der Waals surface area (Å²) in [7, 11) is -0.0183. The fraction of sp³-hybridized carbons (Fsp3) is 0.167. The van der Waals surface area contributed by atoms with Crippen LogP contribution in [0.15, 0.2) is 52.2 Å². The Morgan fingerprint density at radius 3 is 2.57 bits per heavy atom. The van der Waals surface area contributed by atoms with Gasteiger partial charge in [0.2, 0.25) is 0 Å². The van der Waals surface area contributed by atoms with Gasteiger partial charge in [0.15, 0.2) is 0 Å². The van der Waals surface area contributed by atoms with E-state index in [4.69, 9.17) is 4.42 Å². The first-order valence-corrected chi connectivity index (χ1v) is 6.81. The molecule has 0 unspecified atom stereocenters. The van der Waals surface area contributed by atoms with Gasteiger partial charge in [-0.15, -0.1) is 0 Å². The average Bonchev–Trinajstić information content (AvgIpc) is 2.71. The molecule has 1 heterocycles. The van der Waals surface area contributed by atoms with E-state index in [0.29, 0.717) is 0 Å². The van der Waals surface area contributed by atoms with E-state index in [9.17, 15) is 0 Å². The predicted molar refractivity (Wildman–Crippen MR) is 63.2 cm³/mol. The molecule has 0 aliphatic carbocycles. The zero-order valence-corrected chi connectivity index (χ0v) is 9.29. The lowest BCUT2D eigenvalue weighted by molar-refractivity contribution is 0.568. The molecule has 0 spiro atoms. The molecular formula is C12H14OS. The fourth-order valence-corrected chi connectivity index (χ4v) is 2.17. The van der Waals surface area contributed by atoms with Crippen LogP contribution in [0.3, 0.4) is 0 Å². The van der Waals surface area contributed by atoms with Gasteiger partial charge < -0.3 is 4.42 Å². The number of rotatable bonds is 2. The molecule has 0 radical (unpaired) electrons. The molecule has 2 heteroatoms. The third-order valence-corrected chi connectivity index (χ3v) is 3.53. The van der Waals surface area contributed by atoms with E-state index >= 15 is 0 Å². The molecule has 2 aromatic rings. The van der Waals surface area contributed by atoms with Crippen LogP contribution in [0.25, 0.3) is 11.1 Å². The van der Waals surface area contributed by atoms with Gasteiger partial charge in [0.1, 0.15) is 0 Å². The lowest BCUT2D eigenvalue weighted by atomic mass is 10.1. The number of hydrogen-bond donors (Lipinski definition) is 1. The van der Waals surface area contributed by atoms with E-state index in [1.165, 1.54) is 10.5 Å². The highest BCUT2D eigenvalue weighted by atomic mass is 32.2. The van der Waals surface area contributed by atoms with Gasteiger partial charge in [-0.2, -0.15) is 0 Å². The normalized spacial score (nSPS) is 11.4. The second-order valence-corrected chi connectivity index (χ2v) is 5.76. The van der Waals surface area contributed by atoms with Crippen LogP contribution >= 0.6 is 10.9 Å². The van der Waals surface area contributed by atoms with E-state index in [-0.39, 0.29) is 10.9 Å². The molecule has 1 aromatic carbocycles. The van der Waals surface area contributed by atoms with E-state index in [1.807, 2.05) is 6.07 Å². The topological polar surface area (TPSA) is 13.1 Å². The Labute approximate surface area is 87.1 Å². The van der Waals surface area contributed by atoms with E-state index in [0.717, 1.165) is 5.56 Å². The lowest BCUT2D eigenvalue weighted by Gasteiger charge is -2.10. The molecule has 0 aliphatic heterocycles. The third kappa shape index (κ3) is 1.85. The minimum atomic E-state index is -0.0183. The summed E-state index contributed by atoms with van der Waals surface area (Å²) in [5, 5.41) is 0. The standard InChI is InChI=1S/C12H14OS/c1-14(2)12-5-3-4-10(8-12)11-6-7-13-9-11/h3-9,14H,1-2H3. The molecule has 0 N–H and O–H groups in total. The molecule has 0 saturated heterocycles. The van der Waals surface area contributed by atoms with Crippen molar-refractivity contribution in [3.63, 3.8) is 0 Å². The van der Waals surface area contributed by atoms with Crippen molar-refractivity contribution in [2.24, 2.45) is 0 Å². The van der Waals surface area contributed by atoms with Gasteiger partial charge in [-0.05, 0) is 35.1 Å². The van der Waals surface area contributed by atoms with Gasteiger partial charge in [-0.1, -0.05) is 18.2 Å². The van der Waals surface area contributed by atoms with Gasteiger partial charge in [-0.3, -0.25) is 0 Å². The third-order valence-electron chi connectivity index (χ3n) is 2.22. The molecule has 0 saturated carbocycles. The summed E-state index contributed by atoms with van der Waals surface area (Å²) in [6, 6.07) is 10.7. The van der Waals surface area contributed by atoms with E-state index < -0.39 is 0 Å². The maximum absolute atomic E-state index is 5.07. The molecule has 2 rings (SSSR count). The van der Waals surface area contributed by atoms with Crippen molar-refractivity contribution in [1.29, 1.82) is 0 Å². The minimum Gasteiger partial charge on any atom is -0.472 e. The smallest absolute Gasteiger partial charge is 0.0980 e. The average molecular weight is 206 g/mol. The molecular weight excluding hydrogens is 192 g/mol. The Balaban J connectivity index is 2.41. The van der Waals surface area contributed by atoms with Crippen molar-refractivity contribution in [1.82, 2.24) is 0 Å².